The maximum atomic E-state index is 14.2. The van der Waals surface area contributed by atoms with Gasteiger partial charge in [-0.15, -0.1) is 0 Å². The predicted molar refractivity (Wildman–Crippen MR) is 168 cm³/mol. The minimum atomic E-state index is -0.418. The molecule has 0 saturated carbocycles. The number of nitrogens with zero attached hydrogens (tertiary/aromatic N) is 2. The molecular weight excluding hydrogens is 573 g/mol. The van der Waals surface area contributed by atoms with Crippen LogP contribution in [-0.4, -0.2) is 51.4 Å². The van der Waals surface area contributed by atoms with Crippen molar-refractivity contribution in [1.82, 2.24) is 25.7 Å². The third-order valence-electron chi connectivity index (χ3n) is 8.32. The van der Waals surface area contributed by atoms with Gasteiger partial charge in [0, 0.05) is 29.2 Å². The Bertz CT molecular complexity index is 1770. The fourth-order valence-corrected chi connectivity index (χ4v) is 5.99. The van der Waals surface area contributed by atoms with E-state index < -0.39 is 23.8 Å². The second-order valence-corrected chi connectivity index (χ2v) is 11.5. The average Bonchev–Trinajstić information content (AvgIpc) is 3.48. The number of carbonyl (C=O) groups is 3. The maximum absolute atomic E-state index is 14.2. The van der Waals surface area contributed by atoms with Gasteiger partial charge in [-0.1, -0.05) is 36.4 Å². The van der Waals surface area contributed by atoms with Crippen molar-refractivity contribution in [3.63, 3.8) is 0 Å². The largest absolute Gasteiger partial charge is 0.348 e. The van der Waals surface area contributed by atoms with Crippen molar-refractivity contribution in [2.45, 2.75) is 58.2 Å². The molecule has 0 bridgehead atoms. The highest BCUT2D eigenvalue weighted by Gasteiger charge is 2.40. The number of nitrogens with one attached hydrogen (secondary N) is 3. The van der Waals surface area contributed by atoms with Gasteiger partial charge in [-0.05, 0) is 92.8 Å². The van der Waals surface area contributed by atoms with Crippen molar-refractivity contribution in [3.05, 3.63) is 134 Å². The summed E-state index contributed by atoms with van der Waals surface area (Å²) < 4.78 is 14.2. The van der Waals surface area contributed by atoms with E-state index in [4.69, 9.17) is 0 Å². The number of aryl methyl sites for hydroxylation is 2. The lowest BCUT2D eigenvalue weighted by Gasteiger charge is -2.34. The van der Waals surface area contributed by atoms with Gasteiger partial charge in [0.15, 0.2) is 0 Å². The van der Waals surface area contributed by atoms with Gasteiger partial charge >= 0.3 is 0 Å². The van der Waals surface area contributed by atoms with Crippen LogP contribution in [0.15, 0.2) is 83.7 Å². The van der Waals surface area contributed by atoms with Gasteiger partial charge in [0.1, 0.15) is 5.82 Å². The first-order valence-corrected chi connectivity index (χ1v) is 15.0. The zero-order valence-corrected chi connectivity index (χ0v) is 25.5. The SMILES string of the molecule is Cc1cc(Cc2ccc(C(=O)NCC(=O)N3[C@@H](C(C)NC(=O)c4ccccc4)CC[C@H]3c3cccc(F)c3)cc2C)c(=O)[nH]n1. The fourth-order valence-electron chi connectivity index (χ4n) is 5.99. The highest BCUT2D eigenvalue weighted by Crippen LogP contribution is 2.37. The molecule has 1 aromatic heterocycles. The molecule has 1 aliphatic rings. The van der Waals surface area contributed by atoms with E-state index in [9.17, 15) is 23.6 Å². The molecule has 3 aromatic carbocycles. The van der Waals surface area contributed by atoms with Crippen LogP contribution < -0.4 is 16.2 Å². The zero-order valence-electron chi connectivity index (χ0n) is 25.5. The molecule has 0 aliphatic carbocycles. The van der Waals surface area contributed by atoms with E-state index in [0.29, 0.717) is 47.2 Å². The maximum Gasteiger partial charge on any atom is 0.267 e. The molecule has 1 saturated heterocycles. The molecule has 3 N–H and O–H groups in total. The van der Waals surface area contributed by atoms with Crippen molar-refractivity contribution >= 4 is 17.7 Å². The lowest BCUT2D eigenvalue weighted by molar-refractivity contribution is -0.133. The average molecular weight is 610 g/mol. The number of rotatable bonds is 9. The van der Waals surface area contributed by atoms with Crippen LogP contribution in [-0.2, 0) is 11.2 Å². The Morgan fingerprint density at radius 3 is 2.44 bits per heavy atom. The number of halogens is 1. The van der Waals surface area contributed by atoms with Gasteiger partial charge in [0.25, 0.3) is 17.4 Å². The van der Waals surface area contributed by atoms with Crippen molar-refractivity contribution in [1.29, 1.82) is 0 Å². The van der Waals surface area contributed by atoms with Crippen LogP contribution >= 0.6 is 0 Å². The van der Waals surface area contributed by atoms with Gasteiger partial charge in [-0.3, -0.25) is 19.2 Å². The molecule has 3 amide bonds. The Hall–Kier alpha value is -5.12. The summed E-state index contributed by atoms with van der Waals surface area (Å²) >= 11 is 0. The number of hydrogen-bond donors (Lipinski definition) is 3. The molecule has 2 heterocycles. The molecule has 1 fully saturated rings. The number of H-pyrrole nitrogens is 1. The molecule has 5 rings (SSSR count). The summed E-state index contributed by atoms with van der Waals surface area (Å²) in [6, 6.07) is 20.8. The van der Waals surface area contributed by atoms with Crippen LogP contribution in [0.1, 0.15) is 74.5 Å². The van der Waals surface area contributed by atoms with Crippen LogP contribution in [0.2, 0.25) is 0 Å². The number of aromatic nitrogens is 2. The molecular formula is C35H36FN5O4. The number of likely N-dealkylation sites (tertiary alicyclic amines) is 1. The van der Waals surface area contributed by atoms with Crippen molar-refractivity contribution in [2.75, 3.05) is 6.54 Å². The van der Waals surface area contributed by atoms with E-state index in [1.165, 1.54) is 12.1 Å². The van der Waals surface area contributed by atoms with E-state index in [0.717, 1.165) is 11.1 Å². The summed E-state index contributed by atoms with van der Waals surface area (Å²) in [5.74, 6) is -1.40. The van der Waals surface area contributed by atoms with E-state index in [2.05, 4.69) is 20.8 Å². The van der Waals surface area contributed by atoms with Gasteiger partial charge in [0.05, 0.1) is 24.3 Å². The van der Waals surface area contributed by atoms with E-state index in [-0.39, 0.29) is 30.0 Å². The summed E-state index contributed by atoms with van der Waals surface area (Å²) in [7, 11) is 0. The van der Waals surface area contributed by atoms with Crippen molar-refractivity contribution in [2.24, 2.45) is 0 Å². The van der Waals surface area contributed by atoms with E-state index in [1.54, 1.807) is 72.5 Å². The molecule has 0 spiro atoms. The quantitative estimate of drug-likeness (QED) is 0.260. The number of aromatic amines is 1. The number of amides is 3. The van der Waals surface area contributed by atoms with Crippen LogP contribution in [0.5, 0.6) is 0 Å². The van der Waals surface area contributed by atoms with Crippen LogP contribution in [0.3, 0.4) is 0 Å². The molecule has 1 unspecified atom stereocenters. The summed E-state index contributed by atoms with van der Waals surface area (Å²) in [6.45, 7) is 5.24. The Labute approximate surface area is 260 Å². The lowest BCUT2D eigenvalue weighted by atomic mass is 9.99. The molecule has 232 valence electrons. The lowest BCUT2D eigenvalue weighted by Crippen LogP contribution is -2.52. The van der Waals surface area contributed by atoms with Crippen molar-refractivity contribution < 1.29 is 18.8 Å². The molecule has 3 atom stereocenters. The van der Waals surface area contributed by atoms with E-state index >= 15 is 0 Å². The summed E-state index contributed by atoms with van der Waals surface area (Å²) in [6.07, 6.45) is 1.57. The first-order valence-electron chi connectivity index (χ1n) is 15.0. The first kappa shape index (κ1) is 31.3. The molecule has 0 radical (unpaired) electrons. The monoisotopic (exact) mass is 609 g/mol. The first-order chi connectivity index (χ1) is 21.6. The van der Waals surface area contributed by atoms with E-state index in [1.807, 2.05) is 19.9 Å². The summed E-state index contributed by atoms with van der Waals surface area (Å²) in [5.41, 5.74) is 4.30. The minimum absolute atomic E-state index is 0.250. The van der Waals surface area contributed by atoms with Gasteiger partial charge in [-0.25, -0.2) is 9.49 Å². The van der Waals surface area contributed by atoms with Crippen LogP contribution in [0.4, 0.5) is 4.39 Å². The normalized spacial score (nSPS) is 16.7. The minimum Gasteiger partial charge on any atom is -0.348 e. The second kappa shape index (κ2) is 13.7. The fraction of sp³-hybridized carbons (Fsp3) is 0.286. The van der Waals surface area contributed by atoms with Gasteiger partial charge in [0.2, 0.25) is 5.91 Å². The van der Waals surface area contributed by atoms with Gasteiger partial charge in [-0.2, -0.15) is 5.10 Å². The van der Waals surface area contributed by atoms with Gasteiger partial charge < -0.3 is 15.5 Å². The second-order valence-electron chi connectivity index (χ2n) is 11.5. The van der Waals surface area contributed by atoms with Crippen LogP contribution in [0.25, 0.3) is 0 Å². The zero-order chi connectivity index (χ0) is 32.1. The summed E-state index contributed by atoms with van der Waals surface area (Å²) in [5, 5.41) is 12.2. The Kier molecular flexibility index (Phi) is 9.51. The number of hydrogen-bond acceptors (Lipinski definition) is 5. The Balaban J connectivity index is 1.29. The smallest absolute Gasteiger partial charge is 0.267 e. The third kappa shape index (κ3) is 7.34. The Morgan fingerprint density at radius 2 is 1.71 bits per heavy atom. The number of carbonyl (C=O) groups excluding carboxylic acids is 3. The topological polar surface area (TPSA) is 124 Å². The summed E-state index contributed by atoms with van der Waals surface area (Å²) in [4.78, 5) is 53.7. The number of benzene rings is 3. The van der Waals surface area contributed by atoms with Crippen LogP contribution in [0, 0.1) is 19.7 Å². The van der Waals surface area contributed by atoms with Crippen molar-refractivity contribution in [3.8, 4) is 0 Å². The third-order valence-corrected chi connectivity index (χ3v) is 8.32. The molecule has 9 nitrogen and oxygen atoms in total. The molecule has 4 aromatic rings. The molecule has 1 aliphatic heterocycles. The highest BCUT2D eigenvalue weighted by molar-refractivity contribution is 5.97. The standard InChI is InChI=1S/C35H36FN5O4/c1-21-16-27(13-12-25(21)18-28-17-22(2)39-40-35(28)45)33(43)37-20-32(42)41-30(14-15-31(41)26-10-7-11-29(36)19-26)23(3)38-34(44)24-8-5-4-6-9-24/h4-13,16-17,19,23,30-31H,14-15,18,20H2,1-3H3,(H,37,43)(H,38,44)(H,40,45)/t23?,30-,31+/m1/s1. The molecule has 45 heavy (non-hydrogen) atoms. The predicted octanol–water partition coefficient (Wildman–Crippen LogP) is 4.40. The highest BCUT2D eigenvalue weighted by atomic mass is 19.1. The molecule has 10 heteroatoms. The Morgan fingerprint density at radius 1 is 0.933 bits per heavy atom.